The molecule has 1 fully saturated rings. The third kappa shape index (κ3) is 2.07. The fraction of sp³-hybridized carbons (Fsp3) is 0.900. The SMILES string of the molecule is CC(=O)C(C1CCCC1)N(C)C. The van der Waals surface area contributed by atoms with Crippen molar-refractivity contribution in [1.82, 2.24) is 4.90 Å². The number of ketones is 1. The lowest BCUT2D eigenvalue weighted by molar-refractivity contribution is -0.122. The Morgan fingerprint density at radius 3 is 2.17 bits per heavy atom. The van der Waals surface area contributed by atoms with Gasteiger partial charge in [-0.25, -0.2) is 0 Å². The van der Waals surface area contributed by atoms with Gasteiger partial charge >= 0.3 is 0 Å². The van der Waals surface area contributed by atoms with Crippen LogP contribution in [0, 0.1) is 5.92 Å². The van der Waals surface area contributed by atoms with Crippen LogP contribution in [0.2, 0.25) is 0 Å². The highest BCUT2D eigenvalue weighted by atomic mass is 16.1. The molecular weight excluding hydrogens is 150 g/mol. The molecule has 1 saturated carbocycles. The van der Waals surface area contributed by atoms with Crippen molar-refractivity contribution in [2.24, 2.45) is 5.92 Å². The van der Waals surface area contributed by atoms with E-state index in [4.69, 9.17) is 0 Å². The van der Waals surface area contributed by atoms with Crippen LogP contribution in [0.3, 0.4) is 0 Å². The summed E-state index contributed by atoms with van der Waals surface area (Å²) in [5.41, 5.74) is 0. The quantitative estimate of drug-likeness (QED) is 0.641. The zero-order chi connectivity index (χ0) is 9.14. The molecule has 0 amide bonds. The maximum absolute atomic E-state index is 11.3. The molecule has 0 aromatic rings. The number of nitrogens with zero attached hydrogens (tertiary/aromatic N) is 1. The molecule has 2 nitrogen and oxygen atoms in total. The van der Waals surface area contributed by atoms with Crippen LogP contribution in [0.15, 0.2) is 0 Å². The highest BCUT2D eigenvalue weighted by Crippen LogP contribution is 2.29. The topological polar surface area (TPSA) is 20.3 Å². The molecule has 0 spiro atoms. The first-order valence-corrected chi connectivity index (χ1v) is 4.80. The molecule has 1 aliphatic carbocycles. The Kier molecular flexibility index (Phi) is 3.27. The summed E-state index contributed by atoms with van der Waals surface area (Å²) in [5, 5.41) is 0. The van der Waals surface area contributed by atoms with Gasteiger partial charge in [0.05, 0.1) is 6.04 Å². The Balaban J connectivity index is 2.58. The number of carbonyl (C=O) groups is 1. The lowest BCUT2D eigenvalue weighted by Gasteiger charge is -2.27. The standard InChI is InChI=1S/C10H19NO/c1-8(12)10(11(2)3)9-6-4-5-7-9/h9-10H,4-7H2,1-3H3. The van der Waals surface area contributed by atoms with Crippen molar-refractivity contribution in [2.45, 2.75) is 38.6 Å². The van der Waals surface area contributed by atoms with Crippen LogP contribution in [-0.2, 0) is 4.79 Å². The first-order chi connectivity index (χ1) is 5.63. The van der Waals surface area contributed by atoms with Crippen LogP contribution in [0.25, 0.3) is 0 Å². The van der Waals surface area contributed by atoms with Gasteiger partial charge in [-0.1, -0.05) is 12.8 Å². The van der Waals surface area contributed by atoms with Crippen molar-refractivity contribution in [1.29, 1.82) is 0 Å². The second-order valence-electron chi connectivity index (χ2n) is 4.06. The summed E-state index contributed by atoms with van der Waals surface area (Å²) in [6.07, 6.45) is 5.09. The maximum Gasteiger partial charge on any atom is 0.147 e. The fourth-order valence-corrected chi connectivity index (χ4v) is 2.39. The first kappa shape index (κ1) is 9.72. The molecule has 70 valence electrons. The molecule has 0 heterocycles. The predicted octanol–water partition coefficient (Wildman–Crippen LogP) is 1.70. The predicted molar refractivity (Wildman–Crippen MR) is 50.1 cm³/mol. The maximum atomic E-state index is 11.3. The molecule has 0 aromatic heterocycles. The third-order valence-electron chi connectivity index (χ3n) is 2.82. The largest absolute Gasteiger partial charge is 0.300 e. The van der Waals surface area contributed by atoms with Crippen LogP contribution in [-0.4, -0.2) is 30.8 Å². The van der Waals surface area contributed by atoms with Gasteiger partial charge in [0.2, 0.25) is 0 Å². The van der Waals surface area contributed by atoms with Gasteiger partial charge in [0, 0.05) is 0 Å². The van der Waals surface area contributed by atoms with Crippen LogP contribution in [0.5, 0.6) is 0 Å². The fourth-order valence-electron chi connectivity index (χ4n) is 2.39. The van der Waals surface area contributed by atoms with Gasteiger partial charge in [-0.3, -0.25) is 9.69 Å². The van der Waals surface area contributed by atoms with E-state index in [0.717, 1.165) is 0 Å². The van der Waals surface area contributed by atoms with E-state index in [2.05, 4.69) is 4.90 Å². The van der Waals surface area contributed by atoms with Crippen LogP contribution in [0.4, 0.5) is 0 Å². The van der Waals surface area contributed by atoms with Crippen molar-refractivity contribution in [3.63, 3.8) is 0 Å². The van der Waals surface area contributed by atoms with E-state index in [9.17, 15) is 4.79 Å². The molecule has 1 aliphatic rings. The number of rotatable bonds is 3. The van der Waals surface area contributed by atoms with E-state index < -0.39 is 0 Å². The van der Waals surface area contributed by atoms with Crippen LogP contribution >= 0.6 is 0 Å². The van der Waals surface area contributed by atoms with Crippen molar-refractivity contribution >= 4 is 5.78 Å². The minimum atomic E-state index is 0.174. The Morgan fingerprint density at radius 2 is 1.83 bits per heavy atom. The summed E-state index contributed by atoms with van der Waals surface area (Å²) in [6.45, 7) is 1.71. The number of Topliss-reactive ketones (excluding diaryl/α,β-unsaturated/α-hetero) is 1. The van der Waals surface area contributed by atoms with Crippen LogP contribution in [0.1, 0.15) is 32.6 Å². The first-order valence-electron chi connectivity index (χ1n) is 4.80. The van der Waals surface area contributed by atoms with Crippen molar-refractivity contribution in [3.05, 3.63) is 0 Å². The van der Waals surface area contributed by atoms with Crippen molar-refractivity contribution < 1.29 is 4.79 Å². The van der Waals surface area contributed by atoms with E-state index in [1.165, 1.54) is 25.7 Å². The zero-order valence-corrected chi connectivity index (χ0v) is 8.34. The number of likely N-dealkylation sites (N-methyl/N-ethyl adjacent to an activating group) is 1. The molecule has 0 saturated heterocycles. The summed E-state index contributed by atoms with van der Waals surface area (Å²) < 4.78 is 0. The van der Waals surface area contributed by atoms with E-state index >= 15 is 0 Å². The van der Waals surface area contributed by atoms with E-state index in [-0.39, 0.29) is 6.04 Å². The average molecular weight is 169 g/mol. The number of hydrogen-bond donors (Lipinski definition) is 0. The summed E-state index contributed by atoms with van der Waals surface area (Å²) in [7, 11) is 4.01. The van der Waals surface area contributed by atoms with E-state index in [0.29, 0.717) is 11.7 Å². The average Bonchev–Trinajstić information content (AvgIpc) is 2.37. The Morgan fingerprint density at radius 1 is 1.33 bits per heavy atom. The third-order valence-corrected chi connectivity index (χ3v) is 2.82. The molecule has 0 radical (unpaired) electrons. The summed E-state index contributed by atoms with van der Waals surface area (Å²) in [4.78, 5) is 13.4. The summed E-state index contributed by atoms with van der Waals surface area (Å²) in [6, 6.07) is 0.174. The molecule has 1 unspecified atom stereocenters. The normalized spacial score (nSPS) is 21.7. The summed E-state index contributed by atoms with van der Waals surface area (Å²) in [5.74, 6) is 0.949. The Hall–Kier alpha value is -0.370. The minimum absolute atomic E-state index is 0.174. The smallest absolute Gasteiger partial charge is 0.147 e. The molecule has 0 N–H and O–H groups in total. The molecule has 1 rings (SSSR count). The Labute approximate surface area is 74.9 Å². The molecule has 2 heteroatoms. The zero-order valence-electron chi connectivity index (χ0n) is 8.34. The van der Waals surface area contributed by atoms with Crippen molar-refractivity contribution in [3.8, 4) is 0 Å². The second kappa shape index (κ2) is 4.04. The lowest BCUT2D eigenvalue weighted by atomic mass is 9.94. The number of hydrogen-bond acceptors (Lipinski definition) is 2. The van der Waals surface area contributed by atoms with Gasteiger partial charge in [0.1, 0.15) is 5.78 Å². The van der Waals surface area contributed by atoms with E-state index in [1.54, 1.807) is 6.92 Å². The van der Waals surface area contributed by atoms with Crippen LogP contribution < -0.4 is 0 Å². The Bertz CT molecular complexity index is 159. The number of carbonyl (C=O) groups excluding carboxylic acids is 1. The highest BCUT2D eigenvalue weighted by molar-refractivity contribution is 5.81. The lowest BCUT2D eigenvalue weighted by Crippen LogP contribution is -2.39. The van der Waals surface area contributed by atoms with Gasteiger partial charge in [0.15, 0.2) is 0 Å². The molecule has 12 heavy (non-hydrogen) atoms. The molecular formula is C10H19NO. The summed E-state index contributed by atoms with van der Waals surface area (Å²) >= 11 is 0. The second-order valence-corrected chi connectivity index (χ2v) is 4.06. The van der Waals surface area contributed by atoms with Gasteiger partial charge < -0.3 is 0 Å². The van der Waals surface area contributed by atoms with Crippen molar-refractivity contribution in [2.75, 3.05) is 14.1 Å². The van der Waals surface area contributed by atoms with E-state index in [1.807, 2.05) is 14.1 Å². The molecule has 1 atom stereocenters. The highest BCUT2D eigenvalue weighted by Gasteiger charge is 2.29. The van der Waals surface area contributed by atoms with Gasteiger partial charge in [-0.15, -0.1) is 0 Å². The monoisotopic (exact) mass is 169 g/mol. The van der Waals surface area contributed by atoms with Gasteiger partial charge in [0.25, 0.3) is 0 Å². The molecule has 0 aliphatic heterocycles. The van der Waals surface area contributed by atoms with Gasteiger partial charge in [-0.05, 0) is 39.8 Å². The minimum Gasteiger partial charge on any atom is -0.300 e. The van der Waals surface area contributed by atoms with Gasteiger partial charge in [-0.2, -0.15) is 0 Å². The molecule has 0 bridgehead atoms. The molecule has 0 aromatic carbocycles.